The van der Waals surface area contributed by atoms with Crippen LogP contribution in [0.2, 0.25) is 0 Å². The molecule has 4 aromatic rings. The van der Waals surface area contributed by atoms with Crippen molar-refractivity contribution < 1.29 is 17.5 Å². The molecular formula is C29H25FO3S2. The first-order valence-corrected chi connectivity index (χ1v) is 13.6. The summed E-state index contributed by atoms with van der Waals surface area (Å²) in [5.41, 5.74) is 1.42. The average Bonchev–Trinajstić information content (AvgIpc) is 2.91. The van der Waals surface area contributed by atoms with Crippen LogP contribution in [0.1, 0.15) is 17.2 Å². The first kappa shape index (κ1) is 24.9. The Morgan fingerprint density at radius 1 is 0.743 bits per heavy atom. The van der Waals surface area contributed by atoms with Crippen molar-refractivity contribution in [3.8, 4) is 0 Å². The molecule has 178 valence electrons. The third-order valence-corrected chi connectivity index (χ3v) is 8.45. The summed E-state index contributed by atoms with van der Waals surface area (Å²) in [6.45, 7) is 0.137. The van der Waals surface area contributed by atoms with Crippen LogP contribution in [0.25, 0.3) is 0 Å². The van der Waals surface area contributed by atoms with E-state index >= 15 is 4.39 Å². The molecule has 0 amide bonds. The van der Waals surface area contributed by atoms with E-state index in [1.165, 1.54) is 23.9 Å². The highest BCUT2D eigenvalue weighted by atomic mass is 32.2. The van der Waals surface area contributed by atoms with E-state index in [0.29, 0.717) is 5.56 Å². The van der Waals surface area contributed by atoms with Crippen LogP contribution in [0.5, 0.6) is 0 Å². The van der Waals surface area contributed by atoms with Gasteiger partial charge in [-0.05, 0) is 35.4 Å². The zero-order valence-electron chi connectivity index (χ0n) is 19.0. The third-order valence-electron chi connectivity index (χ3n) is 5.35. The minimum Gasteiger partial charge on any atom is -0.362 e. The highest BCUT2D eigenvalue weighted by Crippen LogP contribution is 2.36. The number of sulfone groups is 1. The van der Waals surface area contributed by atoms with Crippen molar-refractivity contribution in [3.63, 3.8) is 0 Å². The molecule has 35 heavy (non-hydrogen) atoms. The Labute approximate surface area is 210 Å². The molecule has 0 saturated heterocycles. The standard InChI is InChI=1S/C29H25FO3S2/c30-28(29(24-15-7-2-8-16-24)33-21-23-13-5-1-6-14-23)27(22-34-25-17-9-3-10-18-25)35(31,32)26-19-11-4-12-20-26/h1-20,29H,21-22H2/b28-27+. The van der Waals surface area contributed by atoms with Crippen molar-refractivity contribution in [1.82, 2.24) is 0 Å². The zero-order chi connectivity index (χ0) is 24.5. The van der Waals surface area contributed by atoms with Gasteiger partial charge in [-0.25, -0.2) is 12.8 Å². The van der Waals surface area contributed by atoms with Crippen LogP contribution in [-0.2, 0) is 21.2 Å². The van der Waals surface area contributed by atoms with Crippen LogP contribution in [0.4, 0.5) is 4.39 Å². The van der Waals surface area contributed by atoms with Gasteiger partial charge in [0.25, 0.3) is 0 Å². The third kappa shape index (κ3) is 6.48. The van der Waals surface area contributed by atoms with E-state index in [1.807, 2.05) is 66.7 Å². The van der Waals surface area contributed by atoms with Crippen molar-refractivity contribution in [2.75, 3.05) is 5.75 Å². The Kier molecular flexibility index (Phi) is 8.53. The van der Waals surface area contributed by atoms with Gasteiger partial charge in [0.05, 0.1) is 16.4 Å². The normalized spacial score (nSPS) is 13.2. The number of thioether (sulfide) groups is 1. The van der Waals surface area contributed by atoms with Gasteiger partial charge in [0, 0.05) is 10.6 Å². The lowest BCUT2D eigenvalue weighted by molar-refractivity contribution is 0.0490. The monoisotopic (exact) mass is 504 g/mol. The molecule has 0 spiro atoms. The molecule has 1 atom stereocenters. The molecule has 4 rings (SSSR count). The summed E-state index contributed by atoms with van der Waals surface area (Å²) in [5, 5.41) is 0. The van der Waals surface area contributed by atoms with Crippen LogP contribution in [-0.4, -0.2) is 14.2 Å². The highest BCUT2D eigenvalue weighted by molar-refractivity contribution is 8.02. The molecule has 0 aliphatic rings. The van der Waals surface area contributed by atoms with Crippen molar-refractivity contribution >= 4 is 21.6 Å². The second kappa shape index (κ2) is 12.0. The summed E-state index contributed by atoms with van der Waals surface area (Å²) in [4.78, 5) is 0.607. The first-order chi connectivity index (χ1) is 17.1. The van der Waals surface area contributed by atoms with Crippen molar-refractivity contribution in [1.29, 1.82) is 0 Å². The maximum atomic E-state index is 16.4. The van der Waals surface area contributed by atoms with Gasteiger partial charge in [0.15, 0.2) is 0 Å². The molecule has 0 aromatic heterocycles. The van der Waals surface area contributed by atoms with Gasteiger partial charge in [-0.2, -0.15) is 0 Å². The lowest BCUT2D eigenvalue weighted by Crippen LogP contribution is -2.14. The van der Waals surface area contributed by atoms with Gasteiger partial charge < -0.3 is 4.74 Å². The van der Waals surface area contributed by atoms with E-state index in [0.717, 1.165) is 10.5 Å². The van der Waals surface area contributed by atoms with Crippen LogP contribution >= 0.6 is 11.8 Å². The fraction of sp³-hybridized carbons (Fsp3) is 0.103. The highest BCUT2D eigenvalue weighted by Gasteiger charge is 2.30. The van der Waals surface area contributed by atoms with E-state index in [-0.39, 0.29) is 22.2 Å². The maximum absolute atomic E-state index is 16.4. The summed E-state index contributed by atoms with van der Waals surface area (Å²) < 4.78 is 49.7. The molecule has 0 radical (unpaired) electrons. The van der Waals surface area contributed by atoms with Gasteiger partial charge in [0.2, 0.25) is 9.84 Å². The summed E-state index contributed by atoms with van der Waals surface area (Å²) in [6, 6.07) is 35.6. The quantitative estimate of drug-likeness (QED) is 0.211. The fourth-order valence-corrected chi connectivity index (χ4v) is 6.27. The smallest absolute Gasteiger partial charge is 0.206 e. The molecule has 0 aliphatic carbocycles. The van der Waals surface area contributed by atoms with Gasteiger partial charge in [-0.1, -0.05) is 97.1 Å². The molecule has 0 heterocycles. The lowest BCUT2D eigenvalue weighted by Gasteiger charge is -2.20. The Balaban J connectivity index is 1.77. The second-order valence-electron chi connectivity index (χ2n) is 7.78. The molecule has 0 N–H and O–H groups in total. The van der Waals surface area contributed by atoms with Crippen molar-refractivity contribution in [2.45, 2.75) is 22.5 Å². The van der Waals surface area contributed by atoms with E-state index in [9.17, 15) is 8.42 Å². The minimum atomic E-state index is -4.10. The van der Waals surface area contributed by atoms with Gasteiger partial charge >= 0.3 is 0 Å². The van der Waals surface area contributed by atoms with Crippen LogP contribution in [0, 0.1) is 0 Å². The number of ether oxygens (including phenoxy) is 1. The minimum absolute atomic E-state index is 0.0497. The topological polar surface area (TPSA) is 43.4 Å². The molecular weight excluding hydrogens is 479 g/mol. The average molecular weight is 505 g/mol. The maximum Gasteiger partial charge on any atom is 0.206 e. The Morgan fingerprint density at radius 2 is 1.26 bits per heavy atom. The van der Waals surface area contributed by atoms with Crippen molar-refractivity contribution in [3.05, 3.63) is 143 Å². The van der Waals surface area contributed by atoms with E-state index in [1.54, 1.807) is 42.5 Å². The Morgan fingerprint density at radius 3 is 1.86 bits per heavy atom. The largest absolute Gasteiger partial charge is 0.362 e. The number of benzene rings is 4. The van der Waals surface area contributed by atoms with Crippen LogP contribution in [0.15, 0.2) is 142 Å². The Hall–Kier alpha value is -3.19. The lowest BCUT2D eigenvalue weighted by atomic mass is 10.1. The number of halogens is 1. The first-order valence-electron chi connectivity index (χ1n) is 11.1. The molecule has 4 aromatic carbocycles. The van der Waals surface area contributed by atoms with Crippen molar-refractivity contribution in [2.24, 2.45) is 0 Å². The number of hydrogen-bond acceptors (Lipinski definition) is 4. The summed E-state index contributed by atoms with van der Waals surface area (Å²) in [7, 11) is -4.10. The molecule has 0 bridgehead atoms. The van der Waals surface area contributed by atoms with E-state index < -0.39 is 21.8 Å². The Bertz CT molecular complexity index is 1340. The summed E-state index contributed by atoms with van der Waals surface area (Å²) >= 11 is 1.27. The molecule has 0 aliphatic heterocycles. The predicted octanol–water partition coefficient (Wildman–Crippen LogP) is 7.39. The molecule has 0 fully saturated rings. The van der Waals surface area contributed by atoms with Gasteiger partial charge in [0.1, 0.15) is 11.9 Å². The van der Waals surface area contributed by atoms with E-state index in [2.05, 4.69) is 0 Å². The van der Waals surface area contributed by atoms with Crippen LogP contribution < -0.4 is 0 Å². The number of rotatable bonds is 10. The second-order valence-corrected chi connectivity index (χ2v) is 10.8. The molecule has 1 unspecified atom stereocenters. The van der Waals surface area contributed by atoms with Crippen LogP contribution in [0.3, 0.4) is 0 Å². The summed E-state index contributed by atoms with van der Waals surface area (Å²) in [6.07, 6.45) is -1.17. The zero-order valence-corrected chi connectivity index (χ0v) is 20.6. The molecule has 0 saturated carbocycles. The van der Waals surface area contributed by atoms with E-state index in [4.69, 9.17) is 4.74 Å². The summed E-state index contributed by atoms with van der Waals surface area (Å²) in [5.74, 6) is -0.870. The predicted molar refractivity (Wildman–Crippen MR) is 139 cm³/mol. The SMILES string of the molecule is O=S(=O)(/C(CSc1ccccc1)=C(/F)C(OCc1ccccc1)c1ccccc1)c1ccccc1. The fourth-order valence-electron chi connectivity index (χ4n) is 3.53. The van der Waals surface area contributed by atoms with Gasteiger partial charge in [-0.15, -0.1) is 11.8 Å². The van der Waals surface area contributed by atoms with Gasteiger partial charge in [-0.3, -0.25) is 0 Å². The molecule has 6 heteroatoms. The number of hydrogen-bond donors (Lipinski definition) is 0. The molecule has 3 nitrogen and oxygen atoms in total.